The first-order chi connectivity index (χ1) is 29.8. The minimum atomic E-state index is -1.79. The molecule has 19 heteroatoms. The van der Waals surface area contributed by atoms with Crippen LogP contribution in [0.5, 0.6) is 0 Å². The van der Waals surface area contributed by atoms with Gasteiger partial charge in [0.15, 0.2) is 25.0 Å². The van der Waals surface area contributed by atoms with Gasteiger partial charge in [-0.15, -0.1) is 0 Å². The van der Waals surface area contributed by atoms with Crippen LogP contribution in [0.2, 0.25) is 0 Å². The lowest BCUT2D eigenvalue weighted by Gasteiger charge is -2.64. The number of esters is 2. The Hall–Kier alpha value is -1.92. The van der Waals surface area contributed by atoms with Crippen LogP contribution in [0.1, 0.15) is 85.5 Å². The van der Waals surface area contributed by atoms with E-state index in [1.54, 1.807) is 6.08 Å². The number of hydrogen-bond donors (Lipinski definition) is 8. The smallest absolute Gasteiger partial charge is 0.331 e. The fraction of sp³-hybridized carbons (Fsp3) is 0.909. The van der Waals surface area contributed by atoms with Gasteiger partial charge in [-0.1, -0.05) is 13.8 Å². The van der Waals surface area contributed by atoms with E-state index in [0.717, 1.165) is 51.0 Å². The minimum Gasteiger partial charge on any atom is -0.458 e. The molecule has 0 aromatic heterocycles. The van der Waals surface area contributed by atoms with E-state index < -0.39 is 117 Å². The van der Waals surface area contributed by atoms with Gasteiger partial charge in [0, 0.05) is 25.5 Å². The molecule has 358 valence electrons. The zero-order valence-corrected chi connectivity index (χ0v) is 36.7. The number of aliphatic hydroxyl groups is 8. The van der Waals surface area contributed by atoms with Crippen molar-refractivity contribution in [2.24, 2.45) is 34.5 Å². The Morgan fingerprint density at radius 1 is 0.778 bits per heavy atom. The van der Waals surface area contributed by atoms with E-state index in [4.69, 9.17) is 42.6 Å². The molecule has 0 radical (unpaired) electrons. The van der Waals surface area contributed by atoms with Gasteiger partial charge < -0.3 is 83.5 Å². The summed E-state index contributed by atoms with van der Waals surface area (Å²) in [5.74, 6) is -0.199. The quantitative estimate of drug-likeness (QED) is 0.0943. The number of ether oxygens (including phenoxy) is 9. The first-order valence-corrected chi connectivity index (χ1v) is 22.7. The van der Waals surface area contributed by atoms with Crippen molar-refractivity contribution >= 4 is 11.9 Å². The number of rotatable bonds is 11. The SMILES string of the molecule is CO[C@H]1[C@@H](O)[C@@H](C)O[C@@H](O[C@H]2[C@H](O)[C@@H](O)[C@H](OC[C@H]3O[C@@H](O[C@H]4CC[C@@]5(C)[C@H](CC[C@@H]6[C@@H]5CC[C@]5(C)[C@@H](C7=CC(=O)OC7)CC[C@]65O)C4)[C@H](O)[C@@H](O)[C@@H]3O)O[C@@H]2CO)[C@@H]1OC(C)=O. The third kappa shape index (κ3) is 8.32. The molecule has 8 aliphatic rings. The lowest BCUT2D eigenvalue weighted by Crippen LogP contribution is -2.65. The first-order valence-electron chi connectivity index (χ1n) is 22.7. The molecule has 23 atom stereocenters. The molecule has 8 N–H and O–H groups in total. The average Bonchev–Trinajstić information content (AvgIpc) is 3.80. The van der Waals surface area contributed by atoms with E-state index in [1.165, 1.54) is 14.0 Å². The number of aliphatic hydroxyl groups excluding tert-OH is 7. The number of hydrogen-bond acceptors (Lipinski definition) is 19. The van der Waals surface area contributed by atoms with E-state index in [0.29, 0.717) is 31.8 Å². The Labute approximate surface area is 366 Å². The third-order valence-electron chi connectivity index (χ3n) is 16.8. The molecule has 4 saturated carbocycles. The highest BCUT2D eigenvalue weighted by Gasteiger charge is 2.68. The highest BCUT2D eigenvalue weighted by Crippen LogP contribution is 2.70. The number of carbonyl (C=O) groups excluding carboxylic acids is 2. The molecule has 8 rings (SSSR count). The van der Waals surface area contributed by atoms with Crippen molar-refractivity contribution in [2.45, 2.75) is 189 Å². The second-order valence-corrected chi connectivity index (χ2v) is 20.0. The second kappa shape index (κ2) is 18.3. The van der Waals surface area contributed by atoms with E-state index in [2.05, 4.69) is 13.8 Å². The van der Waals surface area contributed by atoms with Crippen molar-refractivity contribution in [2.75, 3.05) is 26.9 Å². The summed E-state index contributed by atoms with van der Waals surface area (Å²) in [5.41, 5.74) is -0.225. The van der Waals surface area contributed by atoms with Gasteiger partial charge in [-0.05, 0) is 99.4 Å². The molecule has 0 bridgehead atoms. The normalized spacial score (nSPS) is 52.3. The fourth-order valence-electron chi connectivity index (χ4n) is 13.2. The topological polar surface area (TPSA) is 279 Å². The molecule has 7 fully saturated rings. The summed E-state index contributed by atoms with van der Waals surface area (Å²) < 4.78 is 51.7. The lowest BCUT2D eigenvalue weighted by atomic mass is 9.43. The molecular weight excluding hydrogens is 832 g/mol. The highest BCUT2D eigenvalue weighted by molar-refractivity contribution is 5.85. The lowest BCUT2D eigenvalue weighted by molar-refractivity contribution is -0.364. The van der Waals surface area contributed by atoms with Crippen LogP contribution in [0.4, 0.5) is 0 Å². The van der Waals surface area contributed by atoms with Gasteiger partial charge in [0.1, 0.15) is 67.6 Å². The zero-order chi connectivity index (χ0) is 45.3. The van der Waals surface area contributed by atoms with Crippen LogP contribution in [0.15, 0.2) is 11.6 Å². The van der Waals surface area contributed by atoms with Gasteiger partial charge in [-0.2, -0.15) is 0 Å². The zero-order valence-electron chi connectivity index (χ0n) is 36.7. The highest BCUT2D eigenvalue weighted by atomic mass is 16.8. The summed E-state index contributed by atoms with van der Waals surface area (Å²) in [7, 11) is 1.30. The molecule has 4 aliphatic carbocycles. The van der Waals surface area contributed by atoms with Crippen LogP contribution in [0.25, 0.3) is 0 Å². The minimum absolute atomic E-state index is 0.0512. The van der Waals surface area contributed by atoms with Gasteiger partial charge in [0.2, 0.25) is 0 Å². The Balaban J connectivity index is 0.873. The molecule has 0 amide bonds. The number of cyclic esters (lactones) is 1. The van der Waals surface area contributed by atoms with Crippen LogP contribution in [-0.2, 0) is 52.2 Å². The van der Waals surface area contributed by atoms with E-state index >= 15 is 0 Å². The molecule has 0 aromatic rings. The summed E-state index contributed by atoms with van der Waals surface area (Å²) in [6.45, 7) is 6.32. The summed E-state index contributed by atoms with van der Waals surface area (Å²) in [4.78, 5) is 23.9. The van der Waals surface area contributed by atoms with Crippen LogP contribution < -0.4 is 0 Å². The predicted molar refractivity (Wildman–Crippen MR) is 213 cm³/mol. The molecule has 0 aromatic carbocycles. The van der Waals surface area contributed by atoms with Crippen molar-refractivity contribution in [3.05, 3.63) is 11.6 Å². The van der Waals surface area contributed by atoms with Crippen LogP contribution in [0, 0.1) is 34.5 Å². The maximum Gasteiger partial charge on any atom is 0.331 e. The Morgan fingerprint density at radius 3 is 2.19 bits per heavy atom. The molecule has 4 aliphatic heterocycles. The van der Waals surface area contributed by atoms with Gasteiger partial charge in [-0.25, -0.2) is 4.79 Å². The number of methoxy groups -OCH3 is 1. The van der Waals surface area contributed by atoms with E-state index in [1.807, 2.05) is 0 Å². The number of carbonyl (C=O) groups is 2. The molecule has 3 saturated heterocycles. The first kappa shape index (κ1) is 47.6. The van der Waals surface area contributed by atoms with Gasteiger partial charge in [0.05, 0.1) is 31.0 Å². The maximum atomic E-state index is 12.6. The van der Waals surface area contributed by atoms with Crippen molar-refractivity contribution in [3.8, 4) is 0 Å². The monoisotopic (exact) mass is 900 g/mol. The maximum absolute atomic E-state index is 12.6. The van der Waals surface area contributed by atoms with Crippen LogP contribution in [0.3, 0.4) is 0 Å². The van der Waals surface area contributed by atoms with Gasteiger partial charge in [-0.3, -0.25) is 4.79 Å². The number of fused-ring (bicyclic) bond motifs is 5. The molecule has 0 spiro atoms. The van der Waals surface area contributed by atoms with Crippen LogP contribution >= 0.6 is 0 Å². The average molecular weight is 901 g/mol. The summed E-state index contributed by atoms with van der Waals surface area (Å²) in [6.07, 6.45) is -12.7. The largest absolute Gasteiger partial charge is 0.458 e. The predicted octanol–water partition coefficient (Wildman–Crippen LogP) is -0.671. The van der Waals surface area contributed by atoms with Crippen LogP contribution in [-0.4, -0.2) is 184 Å². The molecule has 19 nitrogen and oxygen atoms in total. The van der Waals surface area contributed by atoms with Crippen molar-refractivity contribution in [1.82, 2.24) is 0 Å². The third-order valence-corrected chi connectivity index (χ3v) is 16.8. The molecule has 0 unspecified atom stereocenters. The molecule has 63 heavy (non-hydrogen) atoms. The van der Waals surface area contributed by atoms with E-state index in [9.17, 15) is 50.4 Å². The molecular formula is C44H68O19. The van der Waals surface area contributed by atoms with Crippen molar-refractivity contribution in [3.63, 3.8) is 0 Å². The Kier molecular flexibility index (Phi) is 13.8. The van der Waals surface area contributed by atoms with Gasteiger partial charge >= 0.3 is 11.9 Å². The summed E-state index contributed by atoms with van der Waals surface area (Å²) >= 11 is 0. The summed E-state index contributed by atoms with van der Waals surface area (Å²) in [5, 5.41) is 88.8. The van der Waals surface area contributed by atoms with E-state index in [-0.39, 0.29) is 40.7 Å². The fourth-order valence-corrected chi connectivity index (χ4v) is 13.2. The van der Waals surface area contributed by atoms with Gasteiger partial charge in [0.25, 0.3) is 0 Å². The summed E-state index contributed by atoms with van der Waals surface area (Å²) in [6, 6.07) is 0. The second-order valence-electron chi connectivity index (χ2n) is 20.0. The standard InChI is InChI=1S/C44H68O19/c1-19-30(48)37(55-5)38(59-20(2)46)41(58-19)63-36-27(16-45)61-39(35(53)33(36)51)57-18-28-31(49)32(50)34(52)40(62-28)60-23-8-11-42(3)22(15-23)6-7-26-25(42)9-12-43(4)24(10-13-44(26,43)54)21-14-29(47)56-17-21/h14,19,22-28,30-41,45,48-54H,6-13,15-18H2,1-5H3/t19-,22-,23+,24-,25+,26-,27-,28-,30+,31-,32+,33-,34-,35-,36-,37+,38-,39-,40-,41+,42+,43-,44+/m1/s1. The van der Waals surface area contributed by atoms with Crippen molar-refractivity contribution < 1.29 is 93.1 Å². The Bertz CT molecular complexity index is 1680. The van der Waals surface area contributed by atoms with Crippen molar-refractivity contribution in [1.29, 1.82) is 0 Å². The molecule has 4 heterocycles. The Morgan fingerprint density at radius 2 is 1.51 bits per heavy atom.